The number of aryl methyl sites for hydroxylation is 1. The highest BCUT2D eigenvalue weighted by molar-refractivity contribution is 7.99. The molecule has 0 unspecified atom stereocenters. The summed E-state index contributed by atoms with van der Waals surface area (Å²) in [4.78, 5) is 9.60. The molecule has 20 heavy (non-hydrogen) atoms. The molecule has 1 aliphatic rings. The number of nitrogens with one attached hydrogen (secondary N) is 1. The molecule has 0 saturated heterocycles. The van der Waals surface area contributed by atoms with Crippen LogP contribution in [0.4, 0.5) is 5.82 Å². The molecule has 4 nitrogen and oxygen atoms in total. The second kappa shape index (κ2) is 5.50. The average Bonchev–Trinajstić information content (AvgIpc) is 2.87. The van der Waals surface area contributed by atoms with Crippen LogP contribution in [0.15, 0.2) is 29.2 Å². The zero-order valence-electron chi connectivity index (χ0n) is 10.9. The van der Waals surface area contributed by atoms with Crippen molar-refractivity contribution in [1.82, 2.24) is 9.97 Å². The van der Waals surface area contributed by atoms with Gasteiger partial charge in [0, 0.05) is 17.7 Å². The molecular formula is C14H14ClN3OS. The standard InChI is InChI=1S/C14H14ClN3OS/c1-8(9-4-2-3-5-11(9)19)16-13-12-10(6-7-20-12)17-14(15)18-13/h2-5,8,19H,6-7H2,1H3,(H,16,17,18)/t8-/m0/s1. The lowest BCUT2D eigenvalue weighted by Crippen LogP contribution is -2.10. The largest absolute Gasteiger partial charge is 0.508 e. The van der Waals surface area contributed by atoms with Gasteiger partial charge in [0.15, 0.2) is 0 Å². The predicted molar refractivity (Wildman–Crippen MR) is 81.6 cm³/mol. The van der Waals surface area contributed by atoms with Gasteiger partial charge in [0.05, 0.1) is 16.6 Å². The Labute approximate surface area is 126 Å². The molecule has 6 heteroatoms. The van der Waals surface area contributed by atoms with Crippen molar-refractivity contribution in [3.8, 4) is 5.75 Å². The summed E-state index contributed by atoms with van der Waals surface area (Å²) in [6.45, 7) is 1.98. The van der Waals surface area contributed by atoms with Gasteiger partial charge in [0.25, 0.3) is 0 Å². The van der Waals surface area contributed by atoms with E-state index in [1.54, 1.807) is 23.9 Å². The van der Waals surface area contributed by atoms with Crippen molar-refractivity contribution in [3.05, 3.63) is 40.8 Å². The maximum absolute atomic E-state index is 9.90. The number of anilines is 1. The third-order valence-corrected chi connectivity index (χ3v) is 4.55. The highest BCUT2D eigenvalue weighted by Gasteiger charge is 2.21. The van der Waals surface area contributed by atoms with Crippen LogP contribution in [0.3, 0.4) is 0 Å². The molecular weight excluding hydrogens is 294 g/mol. The van der Waals surface area contributed by atoms with Gasteiger partial charge in [-0.25, -0.2) is 4.98 Å². The Morgan fingerprint density at radius 3 is 2.95 bits per heavy atom. The minimum absolute atomic E-state index is 0.0625. The molecule has 0 amide bonds. The van der Waals surface area contributed by atoms with Gasteiger partial charge in [-0.15, -0.1) is 11.8 Å². The molecule has 2 heterocycles. The van der Waals surface area contributed by atoms with E-state index in [9.17, 15) is 5.11 Å². The molecule has 2 aromatic rings. The van der Waals surface area contributed by atoms with E-state index in [4.69, 9.17) is 11.6 Å². The van der Waals surface area contributed by atoms with Crippen LogP contribution in [0, 0.1) is 0 Å². The van der Waals surface area contributed by atoms with Crippen LogP contribution >= 0.6 is 23.4 Å². The summed E-state index contributed by atoms with van der Waals surface area (Å²) in [5, 5.41) is 13.5. The van der Waals surface area contributed by atoms with Gasteiger partial charge in [-0.1, -0.05) is 18.2 Å². The van der Waals surface area contributed by atoms with E-state index < -0.39 is 0 Å². The number of halogens is 1. The predicted octanol–water partition coefficient (Wildman–Crippen LogP) is 3.66. The summed E-state index contributed by atoms with van der Waals surface area (Å²) in [7, 11) is 0. The highest BCUT2D eigenvalue weighted by Crippen LogP contribution is 2.37. The molecule has 1 aromatic heterocycles. The van der Waals surface area contributed by atoms with Gasteiger partial charge in [-0.3, -0.25) is 0 Å². The van der Waals surface area contributed by atoms with Gasteiger partial charge in [0.2, 0.25) is 5.28 Å². The van der Waals surface area contributed by atoms with E-state index in [2.05, 4.69) is 15.3 Å². The Morgan fingerprint density at radius 1 is 1.35 bits per heavy atom. The fourth-order valence-corrected chi connectivity index (χ4v) is 3.51. The average molecular weight is 308 g/mol. The molecule has 2 N–H and O–H groups in total. The first-order valence-corrected chi connectivity index (χ1v) is 7.75. The molecule has 104 valence electrons. The van der Waals surface area contributed by atoms with Gasteiger partial charge in [-0.05, 0) is 24.6 Å². The number of fused-ring (bicyclic) bond motifs is 1. The number of hydrogen-bond donors (Lipinski definition) is 2. The molecule has 0 radical (unpaired) electrons. The Balaban J connectivity index is 1.90. The molecule has 0 spiro atoms. The summed E-state index contributed by atoms with van der Waals surface area (Å²) in [5.74, 6) is 2.03. The minimum atomic E-state index is -0.0625. The van der Waals surface area contributed by atoms with Crippen LogP contribution in [0.1, 0.15) is 24.2 Å². The van der Waals surface area contributed by atoms with Gasteiger partial charge >= 0.3 is 0 Å². The van der Waals surface area contributed by atoms with Crippen LogP contribution in [0.2, 0.25) is 5.28 Å². The fraction of sp³-hybridized carbons (Fsp3) is 0.286. The first-order valence-electron chi connectivity index (χ1n) is 6.39. The molecule has 0 bridgehead atoms. The van der Waals surface area contributed by atoms with Crippen LogP contribution in [-0.2, 0) is 6.42 Å². The van der Waals surface area contributed by atoms with E-state index in [1.165, 1.54) is 0 Å². The summed E-state index contributed by atoms with van der Waals surface area (Å²) >= 11 is 7.70. The van der Waals surface area contributed by atoms with Crippen LogP contribution in [-0.4, -0.2) is 20.8 Å². The van der Waals surface area contributed by atoms with Crippen molar-refractivity contribution in [2.45, 2.75) is 24.3 Å². The lowest BCUT2D eigenvalue weighted by Gasteiger charge is -2.17. The van der Waals surface area contributed by atoms with Crippen LogP contribution in [0.5, 0.6) is 5.75 Å². The fourth-order valence-electron chi connectivity index (χ4n) is 2.27. The smallest absolute Gasteiger partial charge is 0.224 e. The number of aromatic nitrogens is 2. The SMILES string of the molecule is C[C@H](Nc1nc(Cl)nc2c1SCC2)c1ccccc1O. The second-order valence-electron chi connectivity index (χ2n) is 4.64. The lowest BCUT2D eigenvalue weighted by molar-refractivity contribution is 0.465. The van der Waals surface area contributed by atoms with E-state index in [-0.39, 0.29) is 17.1 Å². The lowest BCUT2D eigenvalue weighted by atomic mass is 10.1. The van der Waals surface area contributed by atoms with Gasteiger partial charge < -0.3 is 10.4 Å². The zero-order chi connectivity index (χ0) is 14.1. The number of thioether (sulfide) groups is 1. The highest BCUT2D eigenvalue weighted by atomic mass is 35.5. The quantitative estimate of drug-likeness (QED) is 0.848. The molecule has 1 aliphatic heterocycles. The molecule has 1 aromatic carbocycles. The van der Waals surface area contributed by atoms with Gasteiger partial charge in [-0.2, -0.15) is 4.98 Å². The normalized spacial score (nSPS) is 14.9. The van der Waals surface area contributed by atoms with Crippen molar-refractivity contribution < 1.29 is 5.11 Å². The number of aromatic hydroxyl groups is 1. The number of phenols is 1. The maximum Gasteiger partial charge on any atom is 0.224 e. The van der Waals surface area contributed by atoms with Crippen molar-refractivity contribution in [2.24, 2.45) is 0 Å². The third-order valence-electron chi connectivity index (χ3n) is 3.25. The van der Waals surface area contributed by atoms with Gasteiger partial charge in [0.1, 0.15) is 11.6 Å². The Morgan fingerprint density at radius 2 is 2.15 bits per heavy atom. The van der Waals surface area contributed by atoms with Crippen LogP contribution < -0.4 is 5.32 Å². The van der Waals surface area contributed by atoms with Crippen molar-refractivity contribution >= 4 is 29.2 Å². The number of phenolic OH excluding ortho intramolecular Hbond substituents is 1. The summed E-state index contributed by atoms with van der Waals surface area (Å²) in [6.07, 6.45) is 0.919. The zero-order valence-corrected chi connectivity index (χ0v) is 12.5. The molecule has 3 rings (SSSR count). The van der Waals surface area contributed by atoms with Crippen molar-refractivity contribution in [1.29, 1.82) is 0 Å². The Hall–Kier alpha value is -1.46. The van der Waals surface area contributed by atoms with E-state index in [1.807, 2.05) is 19.1 Å². The number of benzene rings is 1. The number of nitrogens with zero attached hydrogens (tertiary/aromatic N) is 2. The van der Waals surface area contributed by atoms with Crippen LogP contribution in [0.25, 0.3) is 0 Å². The Bertz CT molecular complexity index is 650. The maximum atomic E-state index is 9.90. The number of hydrogen-bond acceptors (Lipinski definition) is 5. The number of rotatable bonds is 3. The first kappa shape index (κ1) is 13.5. The molecule has 0 saturated carbocycles. The minimum Gasteiger partial charge on any atom is -0.508 e. The van der Waals surface area contributed by atoms with E-state index in [0.717, 1.165) is 34.1 Å². The topological polar surface area (TPSA) is 58.0 Å². The summed E-state index contributed by atoms with van der Waals surface area (Å²) in [5.41, 5.74) is 1.83. The Kier molecular flexibility index (Phi) is 3.72. The number of para-hydroxylation sites is 1. The van der Waals surface area contributed by atoms with Crippen molar-refractivity contribution in [2.75, 3.05) is 11.1 Å². The molecule has 0 aliphatic carbocycles. The molecule has 1 atom stereocenters. The third kappa shape index (κ3) is 2.55. The monoisotopic (exact) mass is 307 g/mol. The first-order chi connectivity index (χ1) is 9.65. The second-order valence-corrected chi connectivity index (χ2v) is 6.08. The summed E-state index contributed by atoms with van der Waals surface area (Å²) in [6, 6.07) is 7.22. The summed E-state index contributed by atoms with van der Waals surface area (Å²) < 4.78 is 0. The van der Waals surface area contributed by atoms with E-state index in [0.29, 0.717) is 0 Å². The van der Waals surface area contributed by atoms with Crippen molar-refractivity contribution in [3.63, 3.8) is 0 Å². The van der Waals surface area contributed by atoms with E-state index >= 15 is 0 Å². The molecule has 0 fully saturated rings.